The Kier molecular flexibility index (Phi) is 3.39. The molecule has 3 heterocycles. The minimum absolute atomic E-state index is 0.192. The third kappa shape index (κ3) is 2.34. The zero-order chi connectivity index (χ0) is 14.2. The molecule has 5 rings (SSSR count). The first kappa shape index (κ1) is 13.2. The third-order valence-corrected chi connectivity index (χ3v) is 5.02. The van der Waals surface area contributed by atoms with Crippen molar-refractivity contribution in [3.63, 3.8) is 0 Å². The number of hydrogen-bond acceptors (Lipinski definition) is 4. The number of hydrogen-bond donors (Lipinski definition) is 2. The first-order valence-electron chi connectivity index (χ1n) is 7.76. The second-order valence-corrected chi connectivity index (χ2v) is 6.15. The maximum Gasteiger partial charge on any atom is 0.0628 e. The van der Waals surface area contributed by atoms with E-state index < -0.39 is 0 Å². The number of piperazine rings is 3. The Morgan fingerprint density at radius 3 is 2.43 bits per heavy atom. The molecule has 21 heavy (non-hydrogen) atoms. The summed E-state index contributed by atoms with van der Waals surface area (Å²) in [6.07, 6.45) is 0. The van der Waals surface area contributed by atoms with Crippen LogP contribution in [0.5, 0.6) is 0 Å². The summed E-state index contributed by atoms with van der Waals surface area (Å²) in [5.41, 5.74) is 4.36. The fourth-order valence-corrected chi connectivity index (χ4v) is 3.80. The Morgan fingerprint density at radius 1 is 1.00 bits per heavy atom. The van der Waals surface area contributed by atoms with E-state index in [1.165, 1.54) is 29.4 Å². The second kappa shape index (κ2) is 5.39. The smallest absolute Gasteiger partial charge is 0.0628 e. The Morgan fingerprint density at radius 2 is 1.76 bits per heavy atom. The van der Waals surface area contributed by atoms with E-state index in [9.17, 15) is 0 Å². The molecule has 2 atom stereocenters. The molecule has 0 spiro atoms. The average Bonchev–Trinajstić information content (AvgIpc) is 2.57. The fraction of sp³-hybridized carbons (Fsp3) is 0.412. The van der Waals surface area contributed by atoms with Crippen LogP contribution in [0.15, 0.2) is 42.5 Å². The fourth-order valence-electron chi connectivity index (χ4n) is 3.80. The SMILES string of the molecule is NNC(c1ccc2ccccc2c1)C1CN2CCN1CC2. The van der Waals surface area contributed by atoms with Gasteiger partial charge in [0.05, 0.1) is 6.04 Å². The maximum atomic E-state index is 5.92. The molecule has 110 valence electrons. The number of nitrogens with zero attached hydrogens (tertiary/aromatic N) is 2. The van der Waals surface area contributed by atoms with Crippen LogP contribution in [-0.2, 0) is 0 Å². The third-order valence-electron chi connectivity index (χ3n) is 5.02. The van der Waals surface area contributed by atoms with Gasteiger partial charge in [-0.2, -0.15) is 0 Å². The van der Waals surface area contributed by atoms with Crippen molar-refractivity contribution < 1.29 is 0 Å². The van der Waals surface area contributed by atoms with Crippen molar-refractivity contribution in [2.75, 3.05) is 32.7 Å². The summed E-state index contributed by atoms with van der Waals surface area (Å²) in [6, 6.07) is 15.9. The summed E-state index contributed by atoms with van der Waals surface area (Å²) >= 11 is 0. The van der Waals surface area contributed by atoms with Crippen molar-refractivity contribution in [1.82, 2.24) is 15.2 Å². The van der Waals surface area contributed by atoms with Crippen molar-refractivity contribution in [3.05, 3.63) is 48.0 Å². The number of nitrogens with two attached hydrogens (primary N) is 1. The molecule has 0 aliphatic carbocycles. The highest BCUT2D eigenvalue weighted by Gasteiger charge is 2.36. The summed E-state index contributed by atoms with van der Waals surface area (Å²) in [7, 11) is 0. The van der Waals surface area contributed by atoms with Crippen molar-refractivity contribution >= 4 is 10.8 Å². The van der Waals surface area contributed by atoms with Gasteiger partial charge in [-0.05, 0) is 22.4 Å². The van der Waals surface area contributed by atoms with Gasteiger partial charge in [0.25, 0.3) is 0 Å². The largest absolute Gasteiger partial charge is 0.299 e. The van der Waals surface area contributed by atoms with E-state index in [2.05, 4.69) is 57.7 Å². The Hall–Kier alpha value is -1.46. The molecule has 3 fully saturated rings. The van der Waals surface area contributed by atoms with Crippen molar-refractivity contribution in [3.8, 4) is 0 Å². The highest BCUT2D eigenvalue weighted by molar-refractivity contribution is 5.83. The highest BCUT2D eigenvalue weighted by atomic mass is 15.4. The van der Waals surface area contributed by atoms with Crippen LogP contribution in [0.2, 0.25) is 0 Å². The van der Waals surface area contributed by atoms with Crippen LogP contribution >= 0.6 is 0 Å². The van der Waals surface area contributed by atoms with Gasteiger partial charge in [-0.25, -0.2) is 0 Å². The van der Waals surface area contributed by atoms with E-state index in [0.717, 1.165) is 19.6 Å². The molecular formula is C17H22N4. The van der Waals surface area contributed by atoms with Crippen LogP contribution in [0.25, 0.3) is 10.8 Å². The Bertz CT molecular complexity index is 633. The maximum absolute atomic E-state index is 5.92. The van der Waals surface area contributed by atoms with Gasteiger partial charge >= 0.3 is 0 Å². The average molecular weight is 282 g/mol. The highest BCUT2D eigenvalue weighted by Crippen LogP contribution is 2.28. The van der Waals surface area contributed by atoms with Crippen molar-refractivity contribution in [1.29, 1.82) is 0 Å². The van der Waals surface area contributed by atoms with Crippen LogP contribution in [0.3, 0.4) is 0 Å². The van der Waals surface area contributed by atoms with E-state index in [1.54, 1.807) is 0 Å². The van der Waals surface area contributed by atoms with Crippen LogP contribution in [0.1, 0.15) is 11.6 Å². The normalized spacial score (nSPS) is 29.7. The van der Waals surface area contributed by atoms with Crippen LogP contribution in [0.4, 0.5) is 0 Å². The lowest BCUT2D eigenvalue weighted by Crippen LogP contribution is -2.64. The molecular weight excluding hydrogens is 260 g/mol. The standard InChI is InChI=1S/C17H22N4/c18-19-17(16-12-20-7-9-21(16)10-8-20)15-6-5-13-3-1-2-4-14(13)11-15/h1-6,11,16-17,19H,7-10,12,18H2. The molecule has 4 heteroatoms. The summed E-state index contributed by atoms with van der Waals surface area (Å²) in [4.78, 5) is 5.13. The van der Waals surface area contributed by atoms with Crippen LogP contribution in [-0.4, -0.2) is 48.6 Å². The van der Waals surface area contributed by atoms with E-state index in [4.69, 9.17) is 5.84 Å². The van der Waals surface area contributed by atoms with Crippen molar-refractivity contribution in [2.45, 2.75) is 12.1 Å². The summed E-state index contributed by atoms with van der Waals surface area (Å²) in [5.74, 6) is 5.92. The minimum Gasteiger partial charge on any atom is -0.299 e. The van der Waals surface area contributed by atoms with E-state index in [1.807, 2.05) is 0 Å². The molecule has 2 bridgehead atoms. The molecule has 3 aliphatic rings. The van der Waals surface area contributed by atoms with E-state index in [0.29, 0.717) is 6.04 Å². The molecule has 2 aromatic carbocycles. The minimum atomic E-state index is 0.192. The number of benzene rings is 2. The van der Waals surface area contributed by atoms with Gasteiger partial charge in [0.2, 0.25) is 0 Å². The lowest BCUT2D eigenvalue weighted by molar-refractivity contribution is -0.00367. The number of fused-ring (bicyclic) bond motifs is 4. The topological polar surface area (TPSA) is 44.5 Å². The lowest BCUT2D eigenvalue weighted by atomic mass is 9.93. The molecule has 4 nitrogen and oxygen atoms in total. The van der Waals surface area contributed by atoms with Gasteiger partial charge in [-0.15, -0.1) is 0 Å². The van der Waals surface area contributed by atoms with Gasteiger partial charge in [0.1, 0.15) is 0 Å². The first-order chi connectivity index (χ1) is 10.3. The van der Waals surface area contributed by atoms with E-state index in [-0.39, 0.29) is 6.04 Å². The molecule has 2 aromatic rings. The summed E-state index contributed by atoms with van der Waals surface area (Å²) in [6.45, 7) is 5.84. The molecule has 3 saturated heterocycles. The lowest BCUT2D eigenvalue weighted by Gasteiger charge is -2.50. The monoisotopic (exact) mass is 282 g/mol. The van der Waals surface area contributed by atoms with Gasteiger partial charge in [0.15, 0.2) is 0 Å². The van der Waals surface area contributed by atoms with Gasteiger partial charge in [-0.3, -0.25) is 21.1 Å². The van der Waals surface area contributed by atoms with E-state index >= 15 is 0 Å². The van der Waals surface area contributed by atoms with Crippen LogP contribution < -0.4 is 11.3 Å². The zero-order valence-electron chi connectivity index (χ0n) is 12.2. The number of rotatable bonds is 3. The molecule has 3 N–H and O–H groups in total. The van der Waals surface area contributed by atoms with Gasteiger partial charge in [-0.1, -0.05) is 36.4 Å². The zero-order valence-corrected chi connectivity index (χ0v) is 12.2. The second-order valence-electron chi connectivity index (χ2n) is 6.15. The van der Waals surface area contributed by atoms with Crippen LogP contribution in [0, 0.1) is 0 Å². The molecule has 0 saturated carbocycles. The first-order valence-corrected chi connectivity index (χ1v) is 7.76. The molecule has 0 aromatic heterocycles. The summed E-state index contributed by atoms with van der Waals surface area (Å²) in [5, 5.41) is 2.57. The summed E-state index contributed by atoms with van der Waals surface area (Å²) < 4.78 is 0. The molecule has 0 amide bonds. The Balaban J connectivity index is 1.67. The number of nitrogens with one attached hydrogen (secondary N) is 1. The number of hydrazine groups is 1. The molecule has 3 aliphatic heterocycles. The quantitative estimate of drug-likeness (QED) is 0.659. The molecule has 2 unspecified atom stereocenters. The Labute approximate surface area is 125 Å². The predicted molar refractivity (Wildman–Crippen MR) is 85.8 cm³/mol. The van der Waals surface area contributed by atoms with Crippen molar-refractivity contribution in [2.24, 2.45) is 5.84 Å². The van der Waals surface area contributed by atoms with Gasteiger partial charge in [0, 0.05) is 38.8 Å². The molecule has 0 radical (unpaired) electrons. The predicted octanol–water partition coefficient (Wildman–Crippen LogP) is 1.34. The van der Waals surface area contributed by atoms with Gasteiger partial charge < -0.3 is 0 Å².